The van der Waals surface area contributed by atoms with Crippen molar-refractivity contribution in [1.82, 2.24) is 9.13 Å². The summed E-state index contributed by atoms with van der Waals surface area (Å²) in [6.45, 7) is 4.06. The van der Waals surface area contributed by atoms with Gasteiger partial charge >= 0.3 is 5.69 Å². The maximum Gasteiger partial charge on any atom is 0.329 e. The van der Waals surface area contributed by atoms with Gasteiger partial charge in [-0.1, -0.05) is 0 Å². The van der Waals surface area contributed by atoms with E-state index in [1.54, 1.807) is 0 Å². The van der Waals surface area contributed by atoms with Crippen LogP contribution in [0.15, 0.2) is 23.0 Å². The Kier molecular flexibility index (Phi) is 2.08. The Morgan fingerprint density at radius 1 is 1.29 bits per heavy atom. The molecule has 1 aliphatic rings. The van der Waals surface area contributed by atoms with Gasteiger partial charge in [-0.15, -0.1) is 0 Å². The van der Waals surface area contributed by atoms with Crippen LogP contribution >= 0.6 is 0 Å². The van der Waals surface area contributed by atoms with Crippen molar-refractivity contribution in [1.29, 1.82) is 0 Å². The van der Waals surface area contributed by atoms with Gasteiger partial charge in [-0.05, 0) is 44.9 Å². The minimum absolute atomic E-state index is 0.100. The van der Waals surface area contributed by atoms with Crippen molar-refractivity contribution in [2.45, 2.75) is 38.8 Å². The fourth-order valence-electron chi connectivity index (χ4n) is 2.44. The molecule has 90 valence electrons. The number of imidazole rings is 1. The molecule has 0 amide bonds. The van der Waals surface area contributed by atoms with E-state index in [0.29, 0.717) is 11.7 Å². The van der Waals surface area contributed by atoms with Gasteiger partial charge in [-0.25, -0.2) is 4.79 Å². The minimum atomic E-state index is 0.100. The Morgan fingerprint density at radius 2 is 2.00 bits per heavy atom. The fraction of sp³-hybridized carbons (Fsp3) is 0.462. The summed E-state index contributed by atoms with van der Waals surface area (Å²) >= 11 is 0. The zero-order valence-corrected chi connectivity index (χ0v) is 10.2. The Morgan fingerprint density at radius 3 is 2.59 bits per heavy atom. The van der Waals surface area contributed by atoms with Crippen molar-refractivity contribution in [3.63, 3.8) is 0 Å². The summed E-state index contributed by atoms with van der Waals surface area (Å²) in [5, 5.41) is 0. The predicted octanol–water partition coefficient (Wildman–Crippen LogP) is 2.30. The Bertz CT molecular complexity index is 632. The largest absolute Gasteiger partial charge is 0.399 e. The van der Waals surface area contributed by atoms with Crippen molar-refractivity contribution >= 4 is 16.7 Å². The summed E-state index contributed by atoms with van der Waals surface area (Å²) in [4.78, 5) is 12.4. The summed E-state index contributed by atoms with van der Waals surface area (Å²) in [6.07, 6.45) is 2.23. The van der Waals surface area contributed by atoms with Gasteiger partial charge in [0.1, 0.15) is 0 Å². The van der Waals surface area contributed by atoms with E-state index in [0.717, 1.165) is 23.9 Å². The molecule has 17 heavy (non-hydrogen) atoms. The molecule has 1 aliphatic carbocycles. The molecular formula is C13H17N3O. The second-order valence-corrected chi connectivity index (χ2v) is 5.10. The number of rotatable bonds is 2. The van der Waals surface area contributed by atoms with Gasteiger partial charge in [0, 0.05) is 17.8 Å². The quantitative estimate of drug-likeness (QED) is 0.806. The van der Waals surface area contributed by atoms with Crippen molar-refractivity contribution in [3.05, 3.63) is 28.7 Å². The van der Waals surface area contributed by atoms with Crippen molar-refractivity contribution in [2.75, 3.05) is 5.73 Å². The molecule has 4 nitrogen and oxygen atoms in total. The van der Waals surface area contributed by atoms with Gasteiger partial charge in [0.2, 0.25) is 0 Å². The van der Waals surface area contributed by atoms with Gasteiger partial charge in [-0.3, -0.25) is 9.13 Å². The molecular weight excluding hydrogens is 214 g/mol. The molecule has 1 aromatic carbocycles. The molecule has 0 atom stereocenters. The standard InChI is InChI=1S/C13H17N3O/c1-8(2)15-12-7-9(14)3-6-11(12)16(13(15)17)10-4-5-10/h3,6-8,10H,4-5,14H2,1-2H3. The summed E-state index contributed by atoms with van der Waals surface area (Å²) in [7, 11) is 0. The molecule has 3 rings (SSSR count). The second kappa shape index (κ2) is 3.39. The molecule has 1 aromatic heterocycles. The van der Waals surface area contributed by atoms with Crippen molar-refractivity contribution < 1.29 is 0 Å². The monoisotopic (exact) mass is 231 g/mol. The van der Waals surface area contributed by atoms with Crippen LogP contribution in [0.5, 0.6) is 0 Å². The van der Waals surface area contributed by atoms with Gasteiger partial charge < -0.3 is 5.73 Å². The number of aromatic nitrogens is 2. The van der Waals surface area contributed by atoms with E-state index in [1.807, 2.05) is 41.2 Å². The molecule has 0 saturated heterocycles. The van der Waals surface area contributed by atoms with E-state index < -0.39 is 0 Å². The Hall–Kier alpha value is -1.71. The summed E-state index contributed by atoms with van der Waals surface area (Å²) < 4.78 is 3.76. The SMILES string of the molecule is CC(C)n1c(=O)n(C2CC2)c2ccc(N)cc21. The molecule has 1 fully saturated rings. The topological polar surface area (TPSA) is 53.0 Å². The van der Waals surface area contributed by atoms with Crippen LogP contribution < -0.4 is 11.4 Å². The molecule has 0 aliphatic heterocycles. The third-order valence-corrected chi connectivity index (χ3v) is 3.36. The van der Waals surface area contributed by atoms with Gasteiger partial charge in [0.25, 0.3) is 0 Å². The normalized spacial score (nSPS) is 15.9. The third kappa shape index (κ3) is 1.47. The first-order valence-electron chi connectivity index (χ1n) is 6.11. The van der Waals surface area contributed by atoms with Crippen LogP contribution in [-0.4, -0.2) is 9.13 Å². The highest BCUT2D eigenvalue weighted by Gasteiger charge is 2.29. The van der Waals surface area contributed by atoms with Crippen LogP contribution in [0, 0.1) is 0 Å². The minimum Gasteiger partial charge on any atom is -0.399 e. The van der Waals surface area contributed by atoms with Crippen LogP contribution in [-0.2, 0) is 0 Å². The molecule has 2 N–H and O–H groups in total. The molecule has 0 spiro atoms. The fourth-order valence-corrected chi connectivity index (χ4v) is 2.44. The lowest BCUT2D eigenvalue weighted by Crippen LogP contribution is -2.24. The number of nitrogen functional groups attached to an aromatic ring is 1. The van der Waals surface area contributed by atoms with E-state index in [1.165, 1.54) is 0 Å². The van der Waals surface area contributed by atoms with Crippen LogP contribution in [0.4, 0.5) is 5.69 Å². The number of anilines is 1. The van der Waals surface area contributed by atoms with Gasteiger partial charge in [-0.2, -0.15) is 0 Å². The smallest absolute Gasteiger partial charge is 0.329 e. The second-order valence-electron chi connectivity index (χ2n) is 5.10. The lowest BCUT2D eigenvalue weighted by atomic mass is 10.2. The van der Waals surface area contributed by atoms with Gasteiger partial charge in [0.05, 0.1) is 11.0 Å². The number of hydrogen-bond acceptors (Lipinski definition) is 2. The molecule has 1 saturated carbocycles. The van der Waals surface area contributed by atoms with E-state index in [2.05, 4.69) is 0 Å². The molecule has 0 bridgehead atoms. The number of hydrogen-bond donors (Lipinski definition) is 1. The highest BCUT2D eigenvalue weighted by molar-refractivity contribution is 5.80. The molecule has 1 heterocycles. The zero-order chi connectivity index (χ0) is 12.2. The number of nitrogens with zero attached hydrogens (tertiary/aromatic N) is 2. The molecule has 0 radical (unpaired) electrons. The number of fused-ring (bicyclic) bond motifs is 1. The number of nitrogens with two attached hydrogens (primary N) is 1. The third-order valence-electron chi connectivity index (χ3n) is 3.36. The summed E-state index contributed by atoms with van der Waals surface area (Å²) in [6, 6.07) is 6.28. The lowest BCUT2D eigenvalue weighted by molar-refractivity contribution is 0.568. The maximum absolute atomic E-state index is 12.4. The molecule has 4 heteroatoms. The highest BCUT2D eigenvalue weighted by atomic mass is 16.1. The van der Waals surface area contributed by atoms with E-state index >= 15 is 0 Å². The molecule has 2 aromatic rings. The maximum atomic E-state index is 12.4. The lowest BCUT2D eigenvalue weighted by Gasteiger charge is -2.06. The Labute approximate surface area is 99.6 Å². The highest BCUT2D eigenvalue weighted by Crippen LogP contribution is 2.36. The van der Waals surface area contributed by atoms with Crippen LogP contribution in [0.1, 0.15) is 38.8 Å². The van der Waals surface area contributed by atoms with Crippen molar-refractivity contribution in [3.8, 4) is 0 Å². The van der Waals surface area contributed by atoms with E-state index in [4.69, 9.17) is 5.73 Å². The Balaban J connectivity index is 2.41. The zero-order valence-electron chi connectivity index (χ0n) is 10.2. The predicted molar refractivity (Wildman–Crippen MR) is 69.3 cm³/mol. The van der Waals surface area contributed by atoms with Crippen LogP contribution in [0.3, 0.4) is 0 Å². The average Bonchev–Trinajstić information content (AvgIpc) is 3.02. The van der Waals surface area contributed by atoms with E-state index in [9.17, 15) is 4.79 Å². The van der Waals surface area contributed by atoms with Crippen molar-refractivity contribution in [2.24, 2.45) is 0 Å². The van der Waals surface area contributed by atoms with Crippen LogP contribution in [0.2, 0.25) is 0 Å². The van der Waals surface area contributed by atoms with E-state index in [-0.39, 0.29) is 11.7 Å². The first-order valence-corrected chi connectivity index (χ1v) is 6.11. The average molecular weight is 231 g/mol. The van der Waals surface area contributed by atoms with Crippen LogP contribution in [0.25, 0.3) is 11.0 Å². The number of benzene rings is 1. The molecule has 0 unspecified atom stereocenters. The van der Waals surface area contributed by atoms with Gasteiger partial charge in [0.15, 0.2) is 0 Å². The first kappa shape index (κ1) is 10.4. The summed E-state index contributed by atoms with van der Waals surface area (Å²) in [5.74, 6) is 0. The summed E-state index contributed by atoms with van der Waals surface area (Å²) in [5.41, 5.74) is 8.60. The first-order chi connectivity index (χ1) is 8.09.